The number of nitrogens with zero attached hydrogens (tertiary/aromatic N) is 1. The molecule has 7 heteroatoms. The van der Waals surface area contributed by atoms with Crippen LogP contribution in [0.3, 0.4) is 0 Å². The Balaban J connectivity index is 1.79. The molecule has 0 aliphatic rings. The van der Waals surface area contributed by atoms with Gasteiger partial charge in [-0.1, -0.05) is 16.8 Å². The number of nitrogens with one attached hydrogen (secondary N) is 3. The molecule has 2 heterocycles. The summed E-state index contributed by atoms with van der Waals surface area (Å²) in [6.07, 6.45) is 1.53. The number of aromatic amines is 1. The van der Waals surface area contributed by atoms with Crippen molar-refractivity contribution in [1.82, 2.24) is 15.5 Å². The SMILES string of the molecule is CC(=O)NCc1cc2cc(Cl)c(NCc3ccon3)cc2[nH]1. The lowest BCUT2D eigenvalue weighted by Gasteiger charge is -2.06. The third-order valence-electron chi connectivity index (χ3n) is 3.24. The predicted octanol–water partition coefficient (Wildman–Crippen LogP) is 3.06. The van der Waals surface area contributed by atoms with E-state index in [1.807, 2.05) is 18.2 Å². The molecule has 6 nitrogen and oxygen atoms in total. The molecule has 0 atom stereocenters. The van der Waals surface area contributed by atoms with Crippen molar-refractivity contribution in [1.29, 1.82) is 0 Å². The first-order valence-corrected chi connectivity index (χ1v) is 7.18. The third-order valence-corrected chi connectivity index (χ3v) is 3.56. The number of hydrogen-bond acceptors (Lipinski definition) is 4. The van der Waals surface area contributed by atoms with Gasteiger partial charge in [-0.05, 0) is 18.2 Å². The molecule has 3 rings (SSSR count). The molecule has 0 fully saturated rings. The second-order valence-electron chi connectivity index (χ2n) is 4.97. The van der Waals surface area contributed by atoms with E-state index < -0.39 is 0 Å². The van der Waals surface area contributed by atoms with Crippen LogP contribution >= 0.6 is 11.6 Å². The first-order chi connectivity index (χ1) is 10.6. The van der Waals surface area contributed by atoms with Gasteiger partial charge in [0.2, 0.25) is 5.91 Å². The van der Waals surface area contributed by atoms with Crippen molar-refractivity contribution >= 4 is 34.1 Å². The summed E-state index contributed by atoms with van der Waals surface area (Å²) < 4.78 is 4.79. The molecule has 2 aromatic heterocycles. The minimum absolute atomic E-state index is 0.0633. The van der Waals surface area contributed by atoms with E-state index in [9.17, 15) is 4.79 Å². The van der Waals surface area contributed by atoms with Crippen molar-refractivity contribution in [3.05, 3.63) is 46.9 Å². The zero-order chi connectivity index (χ0) is 15.5. The van der Waals surface area contributed by atoms with Gasteiger partial charge in [0.1, 0.15) is 12.0 Å². The summed E-state index contributed by atoms with van der Waals surface area (Å²) in [6, 6.07) is 7.59. The van der Waals surface area contributed by atoms with Crippen LogP contribution in [-0.4, -0.2) is 16.0 Å². The molecule has 1 amide bonds. The van der Waals surface area contributed by atoms with Gasteiger partial charge in [-0.3, -0.25) is 4.79 Å². The number of H-pyrrole nitrogens is 1. The molecule has 0 aliphatic carbocycles. The van der Waals surface area contributed by atoms with Crippen molar-refractivity contribution < 1.29 is 9.32 Å². The Labute approximate surface area is 131 Å². The van der Waals surface area contributed by atoms with Crippen LogP contribution in [0.5, 0.6) is 0 Å². The van der Waals surface area contributed by atoms with Gasteiger partial charge in [-0.15, -0.1) is 0 Å². The number of rotatable bonds is 5. The molecule has 0 aliphatic heterocycles. The molecule has 0 saturated heterocycles. The molecule has 0 radical (unpaired) electrons. The molecule has 0 saturated carbocycles. The molecular weight excluding hydrogens is 304 g/mol. The average molecular weight is 319 g/mol. The highest BCUT2D eigenvalue weighted by molar-refractivity contribution is 6.34. The van der Waals surface area contributed by atoms with Gasteiger partial charge in [0, 0.05) is 29.6 Å². The quantitative estimate of drug-likeness (QED) is 0.675. The van der Waals surface area contributed by atoms with Crippen LogP contribution in [0.2, 0.25) is 5.02 Å². The van der Waals surface area contributed by atoms with E-state index in [1.165, 1.54) is 13.2 Å². The number of carbonyl (C=O) groups is 1. The zero-order valence-corrected chi connectivity index (χ0v) is 12.7. The van der Waals surface area contributed by atoms with E-state index in [2.05, 4.69) is 20.8 Å². The topological polar surface area (TPSA) is 82.9 Å². The van der Waals surface area contributed by atoms with E-state index in [1.54, 1.807) is 6.07 Å². The molecule has 0 bridgehead atoms. The third kappa shape index (κ3) is 3.23. The van der Waals surface area contributed by atoms with E-state index in [0.29, 0.717) is 18.1 Å². The van der Waals surface area contributed by atoms with Crippen LogP contribution in [0.15, 0.2) is 35.1 Å². The molecule has 22 heavy (non-hydrogen) atoms. The molecule has 3 aromatic rings. The van der Waals surface area contributed by atoms with E-state index in [4.69, 9.17) is 16.1 Å². The van der Waals surface area contributed by atoms with Gasteiger partial charge in [-0.25, -0.2) is 0 Å². The normalized spacial score (nSPS) is 10.8. The number of hydrogen-bond donors (Lipinski definition) is 3. The highest BCUT2D eigenvalue weighted by Gasteiger charge is 2.07. The first kappa shape index (κ1) is 14.5. The Hall–Kier alpha value is -2.47. The maximum Gasteiger partial charge on any atom is 0.217 e. The summed E-state index contributed by atoms with van der Waals surface area (Å²) in [4.78, 5) is 14.2. The van der Waals surface area contributed by atoms with Gasteiger partial charge in [0.25, 0.3) is 0 Å². The zero-order valence-electron chi connectivity index (χ0n) is 11.9. The lowest BCUT2D eigenvalue weighted by molar-refractivity contribution is -0.119. The number of benzene rings is 1. The fourth-order valence-electron chi connectivity index (χ4n) is 2.18. The second kappa shape index (κ2) is 6.11. The lowest BCUT2D eigenvalue weighted by Crippen LogP contribution is -2.18. The van der Waals surface area contributed by atoms with Crippen LogP contribution in [0, 0.1) is 0 Å². The molecule has 3 N–H and O–H groups in total. The first-order valence-electron chi connectivity index (χ1n) is 6.80. The van der Waals surface area contributed by atoms with Crippen molar-refractivity contribution in [2.45, 2.75) is 20.0 Å². The fraction of sp³-hybridized carbons (Fsp3) is 0.200. The second-order valence-corrected chi connectivity index (χ2v) is 5.38. The number of aromatic nitrogens is 2. The Morgan fingerprint density at radius 2 is 2.23 bits per heavy atom. The van der Waals surface area contributed by atoms with Crippen LogP contribution in [-0.2, 0) is 17.9 Å². The van der Waals surface area contributed by atoms with Gasteiger partial charge < -0.3 is 20.1 Å². The van der Waals surface area contributed by atoms with Crippen molar-refractivity contribution in [2.75, 3.05) is 5.32 Å². The number of amides is 1. The van der Waals surface area contributed by atoms with Gasteiger partial charge in [0.15, 0.2) is 0 Å². The summed E-state index contributed by atoms with van der Waals surface area (Å²) in [5, 5.41) is 11.4. The summed E-state index contributed by atoms with van der Waals surface area (Å²) >= 11 is 6.29. The minimum atomic E-state index is -0.0633. The van der Waals surface area contributed by atoms with Crippen molar-refractivity contribution in [3.63, 3.8) is 0 Å². The fourth-order valence-corrected chi connectivity index (χ4v) is 2.42. The monoisotopic (exact) mass is 318 g/mol. The number of fused-ring (bicyclic) bond motifs is 1. The standard InChI is InChI=1S/C15H15ClN4O2/c1-9(21)17-8-12-4-10-5-13(16)15(6-14(10)19-12)18-7-11-2-3-22-20-11/h2-6,18-19H,7-8H2,1H3,(H,17,21). The van der Waals surface area contributed by atoms with Crippen LogP contribution < -0.4 is 10.6 Å². The summed E-state index contributed by atoms with van der Waals surface area (Å²) in [5.74, 6) is -0.0633. The highest BCUT2D eigenvalue weighted by atomic mass is 35.5. The Morgan fingerprint density at radius 1 is 1.36 bits per heavy atom. The van der Waals surface area contributed by atoms with Crippen molar-refractivity contribution in [2.24, 2.45) is 0 Å². The van der Waals surface area contributed by atoms with E-state index in [0.717, 1.165) is 28.0 Å². The Bertz CT molecular complexity index is 795. The van der Waals surface area contributed by atoms with Gasteiger partial charge in [-0.2, -0.15) is 0 Å². The smallest absolute Gasteiger partial charge is 0.217 e. The maximum absolute atomic E-state index is 11.0. The average Bonchev–Trinajstić information content (AvgIpc) is 3.11. The number of halogens is 1. The Kier molecular flexibility index (Phi) is 4.02. The largest absolute Gasteiger partial charge is 0.378 e. The van der Waals surface area contributed by atoms with Crippen LogP contribution in [0.4, 0.5) is 5.69 Å². The molecule has 114 valence electrons. The van der Waals surface area contributed by atoms with Crippen LogP contribution in [0.1, 0.15) is 18.3 Å². The lowest BCUT2D eigenvalue weighted by atomic mass is 10.2. The summed E-state index contributed by atoms with van der Waals surface area (Å²) in [5.41, 5.74) is 3.49. The molecule has 0 spiro atoms. The summed E-state index contributed by atoms with van der Waals surface area (Å²) in [6.45, 7) is 2.48. The number of anilines is 1. The maximum atomic E-state index is 11.0. The minimum Gasteiger partial charge on any atom is -0.378 e. The van der Waals surface area contributed by atoms with Gasteiger partial charge in [0.05, 0.1) is 23.8 Å². The van der Waals surface area contributed by atoms with Crippen LogP contribution in [0.25, 0.3) is 10.9 Å². The van der Waals surface area contributed by atoms with E-state index >= 15 is 0 Å². The van der Waals surface area contributed by atoms with Crippen molar-refractivity contribution in [3.8, 4) is 0 Å². The Morgan fingerprint density at radius 3 is 2.95 bits per heavy atom. The molecular formula is C15H15ClN4O2. The highest BCUT2D eigenvalue weighted by Crippen LogP contribution is 2.28. The summed E-state index contributed by atoms with van der Waals surface area (Å²) in [7, 11) is 0. The molecule has 0 unspecified atom stereocenters. The number of carbonyl (C=O) groups excluding carboxylic acids is 1. The molecule has 1 aromatic carbocycles. The van der Waals surface area contributed by atoms with Gasteiger partial charge >= 0.3 is 0 Å². The van der Waals surface area contributed by atoms with E-state index in [-0.39, 0.29) is 5.91 Å². The predicted molar refractivity (Wildman–Crippen MR) is 84.7 cm³/mol.